The van der Waals surface area contributed by atoms with Gasteiger partial charge < -0.3 is 10.1 Å². The first kappa shape index (κ1) is 14.0. The number of anilines is 1. The summed E-state index contributed by atoms with van der Waals surface area (Å²) in [6, 6.07) is 4.39. The Hall–Kier alpha value is -1.40. The Balaban J connectivity index is 2.13. The zero-order valence-corrected chi connectivity index (χ0v) is 12.9. The highest BCUT2D eigenvalue weighted by molar-refractivity contribution is 7.15. The molecule has 2 rings (SSSR count). The van der Waals surface area contributed by atoms with Crippen molar-refractivity contribution < 1.29 is 9.53 Å². The molecule has 2 aromatic heterocycles. The molecule has 0 saturated carbocycles. The van der Waals surface area contributed by atoms with Crippen LogP contribution in [0.2, 0.25) is 0 Å². The van der Waals surface area contributed by atoms with E-state index in [-0.39, 0.29) is 12.0 Å². The first-order valence-electron chi connectivity index (χ1n) is 5.90. The normalized spacial score (nSPS) is 12.2. The van der Waals surface area contributed by atoms with E-state index in [0.29, 0.717) is 5.69 Å². The Labute approximate surface area is 120 Å². The van der Waals surface area contributed by atoms with E-state index in [9.17, 15) is 4.79 Å². The van der Waals surface area contributed by atoms with Crippen LogP contribution < -0.4 is 5.32 Å². The Morgan fingerprint density at radius 3 is 2.68 bits per heavy atom. The molecule has 1 unspecified atom stereocenters. The number of aryl methyl sites for hydroxylation is 2. The van der Waals surface area contributed by atoms with Gasteiger partial charge in [0.2, 0.25) is 0 Å². The quantitative estimate of drug-likeness (QED) is 0.872. The molecule has 4 nitrogen and oxygen atoms in total. The summed E-state index contributed by atoms with van der Waals surface area (Å²) in [5, 5.41) is 4.07. The summed E-state index contributed by atoms with van der Waals surface area (Å²) in [6.07, 6.45) is 0. The molecule has 2 heterocycles. The molecule has 0 amide bonds. The lowest BCUT2D eigenvalue weighted by Crippen LogP contribution is -2.06. The van der Waals surface area contributed by atoms with Crippen LogP contribution in [0.4, 0.5) is 5.13 Å². The van der Waals surface area contributed by atoms with Crippen molar-refractivity contribution in [1.29, 1.82) is 0 Å². The first-order valence-corrected chi connectivity index (χ1v) is 7.53. The maximum atomic E-state index is 11.5. The van der Waals surface area contributed by atoms with Crippen molar-refractivity contribution in [2.24, 2.45) is 0 Å². The van der Waals surface area contributed by atoms with Crippen LogP contribution in [-0.4, -0.2) is 18.1 Å². The van der Waals surface area contributed by atoms with Crippen molar-refractivity contribution in [3.63, 3.8) is 0 Å². The molecule has 19 heavy (non-hydrogen) atoms. The van der Waals surface area contributed by atoms with Gasteiger partial charge in [-0.1, -0.05) is 0 Å². The molecule has 2 aromatic rings. The zero-order valence-electron chi connectivity index (χ0n) is 11.3. The van der Waals surface area contributed by atoms with Crippen molar-refractivity contribution in [2.45, 2.75) is 26.8 Å². The molecule has 0 fully saturated rings. The Morgan fingerprint density at radius 1 is 1.37 bits per heavy atom. The maximum Gasteiger partial charge on any atom is 0.357 e. The summed E-state index contributed by atoms with van der Waals surface area (Å²) in [4.78, 5) is 19.2. The van der Waals surface area contributed by atoms with E-state index in [1.807, 2.05) is 6.92 Å². The largest absolute Gasteiger partial charge is 0.464 e. The standard InChI is InChI=1S/C13H16N2O2S2/c1-7-5-6-10(18-7)8(2)14-13-15-11(9(3)19-13)12(16)17-4/h5-6,8H,1-4H3,(H,14,15). The van der Waals surface area contributed by atoms with E-state index >= 15 is 0 Å². The number of nitrogens with one attached hydrogen (secondary N) is 1. The number of hydrogen-bond acceptors (Lipinski definition) is 6. The van der Waals surface area contributed by atoms with Crippen LogP contribution in [0, 0.1) is 13.8 Å². The van der Waals surface area contributed by atoms with Gasteiger partial charge in [-0.3, -0.25) is 0 Å². The smallest absolute Gasteiger partial charge is 0.357 e. The van der Waals surface area contributed by atoms with Gasteiger partial charge in [0.15, 0.2) is 10.8 Å². The molecule has 0 spiro atoms. The monoisotopic (exact) mass is 296 g/mol. The van der Waals surface area contributed by atoms with Crippen molar-refractivity contribution >= 4 is 33.8 Å². The molecule has 0 aliphatic carbocycles. The van der Waals surface area contributed by atoms with E-state index in [4.69, 9.17) is 4.74 Å². The Morgan fingerprint density at radius 2 is 2.11 bits per heavy atom. The lowest BCUT2D eigenvalue weighted by atomic mass is 10.3. The number of hydrogen-bond donors (Lipinski definition) is 1. The van der Waals surface area contributed by atoms with Crippen LogP contribution in [0.5, 0.6) is 0 Å². The summed E-state index contributed by atoms with van der Waals surface area (Å²) in [5.74, 6) is -0.388. The van der Waals surface area contributed by atoms with E-state index in [1.165, 1.54) is 28.2 Å². The minimum absolute atomic E-state index is 0.176. The highest BCUT2D eigenvalue weighted by atomic mass is 32.1. The van der Waals surface area contributed by atoms with Crippen molar-refractivity contribution in [2.75, 3.05) is 12.4 Å². The van der Waals surface area contributed by atoms with Crippen LogP contribution in [0.15, 0.2) is 12.1 Å². The average molecular weight is 296 g/mol. The van der Waals surface area contributed by atoms with E-state index in [2.05, 4.69) is 36.3 Å². The summed E-state index contributed by atoms with van der Waals surface area (Å²) in [6.45, 7) is 6.04. The number of thiophene rings is 1. The second kappa shape index (κ2) is 5.71. The molecule has 0 aromatic carbocycles. The first-order chi connectivity index (χ1) is 9.01. The summed E-state index contributed by atoms with van der Waals surface area (Å²) in [5.41, 5.74) is 0.393. The minimum atomic E-state index is -0.388. The summed E-state index contributed by atoms with van der Waals surface area (Å²) in [7, 11) is 1.37. The summed E-state index contributed by atoms with van der Waals surface area (Å²) < 4.78 is 4.70. The molecule has 0 bridgehead atoms. The number of methoxy groups -OCH3 is 1. The molecular weight excluding hydrogens is 280 g/mol. The van der Waals surface area contributed by atoms with Crippen molar-refractivity contribution in [3.8, 4) is 0 Å². The van der Waals surface area contributed by atoms with Crippen LogP contribution in [-0.2, 0) is 4.74 Å². The van der Waals surface area contributed by atoms with Crippen LogP contribution >= 0.6 is 22.7 Å². The predicted octanol–water partition coefficient (Wildman–Crippen LogP) is 3.78. The van der Waals surface area contributed by atoms with Gasteiger partial charge in [0.25, 0.3) is 0 Å². The second-order valence-corrected chi connectivity index (χ2v) is 6.75. The third-order valence-electron chi connectivity index (χ3n) is 2.70. The number of ether oxygens (including phenoxy) is 1. The topological polar surface area (TPSA) is 51.2 Å². The maximum absolute atomic E-state index is 11.5. The number of aromatic nitrogens is 1. The fourth-order valence-corrected chi connectivity index (χ4v) is 3.45. The van der Waals surface area contributed by atoms with Gasteiger partial charge in [0.05, 0.1) is 13.2 Å². The lowest BCUT2D eigenvalue weighted by Gasteiger charge is -2.10. The third kappa shape index (κ3) is 3.13. The minimum Gasteiger partial charge on any atom is -0.464 e. The average Bonchev–Trinajstić information content (AvgIpc) is 2.95. The Kier molecular flexibility index (Phi) is 4.21. The van der Waals surface area contributed by atoms with Crippen LogP contribution in [0.3, 0.4) is 0 Å². The van der Waals surface area contributed by atoms with Gasteiger partial charge in [-0.15, -0.1) is 22.7 Å². The number of thiazole rings is 1. The van der Waals surface area contributed by atoms with E-state index < -0.39 is 0 Å². The Bertz CT molecular complexity index is 589. The number of carbonyl (C=O) groups is 1. The van der Waals surface area contributed by atoms with Crippen molar-refractivity contribution in [3.05, 3.63) is 32.5 Å². The molecule has 1 N–H and O–H groups in total. The number of carbonyl (C=O) groups excluding carboxylic acids is 1. The lowest BCUT2D eigenvalue weighted by molar-refractivity contribution is 0.0594. The SMILES string of the molecule is COC(=O)c1nc(NC(C)c2ccc(C)s2)sc1C. The molecule has 0 radical (unpaired) electrons. The third-order valence-corrected chi connectivity index (χ3v) is 4.79. The van der Waals surface area contributed by atoms with Gasteiger partial charge >= 0.3 is 5.97 Å². The van der Waals surface area contributed by atoms with Gasteiger partial charge in [-0.05, 0) is 32.9 Å². The van der Waals surface area contributed by atoms with E-state index in [1.54, 1.807) is 11.3 Å². The molecule has 0 saturated heterocycles. The van der Waals surface area contributed by atoms with Gasteiger partial charge in [-0.2, -0.15) is 0 Å². The van der Waals surface area contributed by atoms with Crippen LogP contribution in [0.1, 0.15) is 38.1 Å². The second-order valence-electron chi connectivity index (χ2n) is 4.23. The molecule has 6 heteroatoms. The van der Waals surface area contributed by atoms with E-state index in [0.717, 1.165) is 10.0 Å². The zero-order chi connectivity index (χ0) is 14.0. The number of rotatable bonds is 4. The van der Waals surface area contributed by atoms with Gasteiger partial charge in [0, 0.05) is 14.6 Å². The molecular formula is C13H16N2O2S2. The molecule has 0 aliphatic rings. The highest BCUT2D eigenvalue weighted by Crippen LogP contribution is 2.29. The van der Waals surface area contributed by atoms with Gasteiger partial charge in [-0.25, -0.2) is 9.78 Å². The summed E-state index contributed by atoms with van der Waals surface area (Å²) >= 11 is 3.23. The van der Waals surface area contributed by atoms with Crippen LogP contribution in [0.25, 0.3) is 0 Å². The number of esters is 1. The predicted molar refractivity (Wildman–Crippen MR) is 79.3 cm³/mol. The highest BCUT2D eigenvalue weighted by Gasteiger charge is 2.17. The fraction of sp³-hybridized carbons (Fsp3) is 0.385. The molecule has 102 valence electrons. The number of nitrogens with zero attached hydrogens (tertiary/aromatic N) is 1. The fourth-order valence-electron chi connectivity index (χ4n) is 1.69. The van der Waals surface area contributed by atoms with Crippen molar-refractivity contribution in [1.82, 2.24) is 4.98 Å². The molecule has 0 aliphatic heterocycles. The molecule has 1 atom stereocenters. The van der Waals surface area contributed by atoms with Gasteiger partial charge in [0.1, 0.15) is 0 Å².